The van der Waals surface area contributed by atoms with Crippen LogP contribution >= 0.6 is 0 Å². The topological polar surface area (TPSA) is 152 Å². The zero-order valence-electron chi connectivity index (χ0n) is 22.5. The molecule has 1 saturated carbocycles. The van der Waals surface area contributed by atoms with Crippen molar-refractivity contribution >= 4 is 44.3 Å². The van der Waals surface area contributed by atoms with E-state index >= 15 is 0 Å². The van der Waals surface area contributed by atoms with Crippen molar-refractivity contribution in [3.8, 4) is 5.69 Å². The van der Waals surface area contributed by atoms with Gasteiger partial charge in [0.05, 0.1) is 29.3 Å². The molecule has 0 amide bonds. The number of rotatable bonds is 9. The van der Waals surface area contributed by atoms with Crippen LogP contribution in [0.2, 0.25) is 0 Å². The minimum atomic E-state index is -3.82. The van der Waals surface area contributed by atoms with Crippen LogP contribution in [0.3, 0.4) is 0 Å². The van der Waals surface area contributed by atoms with Crippen molar-refractivity contribution in [1.29, 1.82) is 0 Å². The number of aryl methyl sites for hydroxylation is 1. The van der Waals surface area contributed by atoms with Gasteiger partial charge in [-0.05, 0) is 75.1 Å². The van der Waals surface area contributed by atoms with Crippen LogP contribution in [0, 0.1) is 0 Å². The summed E-state index contributed by atoms with van der Waals surface area (Å²) in [6.07, 6.45) is 9.77. The lowest BCUT2D eigenvalue weighted by atomic mass is 9.93. The normalized spacial score (nSPS) is 17.4. The van der Waals surface area contributed by atoms with E-state index < -0.39 is 10.0 Å². The number of nitrogens with one attached hydrogen (secondary N) is 3. The molecular formula is C28H31N9O3S. The summed E-state index contributed by atoms with van der Waals surface area (Å²) in [5.41, 5.74) is 3.21. The predicted octanol–water partition coefficient (Wildman–Crippen LogP) is 4.29. The maximum absolute atomic E-state index is 13.1. The number of nitrogens with zero attached hydrogens (tertiary/aromatic N) is 6. The standard InChI is InChI=1S/C28H31N9O3S/c1-2-36-18-30-25-26(33-28(34-27(25)36)32-20-6-10-23(38)11-7-20)31-19-8-12-24(13-9-19)41(39,40)35-21-4-3-5-22(16-21)37-15-14-29-17-37/h3-5,8-9,12-18,20,23,35,38H,2,6-7,10-11H2,1H3,(H2,31,32,33,34)/t20-,23-. The summed E-state index contributed by atoms with van der Waals surface area (Å²) < 4.78 is 32.6. The fraction of sp³-hybridized carbons (Fsp3) is 0.286. The summed E-state index contributed by atoms with van der Waals surface area (Å²) in [5, 5.41) is 16.6. The van der Waals surface area contributed by atoms with Crippen LogP contribution < -0.4 is 15.4 Å². The lowest BCUT2D eigenvalue weighted by molar-refractivity contribution is 0.126. The summed E-state index contributed by atoms with van der Waals surface area (Å²) >= 11 is 0. The van der Waals surface area contributed by atoms with Crippen molar-refractivity contribution < 1.29 is 13.5 Å². The van der Waals surface area contributed by atoms with E-state index in [1.54, 1.807) is 72.1 Å². The smallest absolute Gasteiger partial charge is 0.261 e. The summed E-state index contributed by atoms with van der Waals surface area (Å²) in [4.78, 5) is 18.1. The van der Waals surface area contributed by atoms with Gasteiger partial charge in [0.25, 0.3) is 10.0 Å². The molecule has 13 heteroatoms. The number of benzene rings is 2. The Morgan fingerprint density at radius 2 is 1.80 bits per heavy atom. The van der Waals surface area contributed by atoms with Gasteiger partial charge >= 0.3 is 0 Å². The number of hydrogen-bond acceptors (Lipinski definition) is 9. The molecule has 0 unspecified atom stereocenters. The average molecular weight is 574 g/mol. The van der Waals surface area contributed by atoms with Crippen LogP contribution in [-0.4, -0.2) is 54.7 Å². The molecule has 3 aromatic heterocycles. The second-order valence-electron chi connectivity index (χ2n) is 10.0. The number of aliphatic hydroxyl groups is 1. The van der Waals surface area contributed by atoms with E-state index in [2.05, 4.69) is 25.3 Å². The van der Waals surface area contributed by atoms with Gasteiger partial charge in [0.15, 0.2) is 17.0 Å². The second kappa shape index (κ2) is 11.2. The maximum Gasteiger partial charge on any atom is 0.261 e. The predicted molar refractivity (Wildman–Crippen MR) is 157 cm³/mol. The Kier molecular flexibility index (Phi) is 7.28. The molecule has 1 fully saturated rings. The number of anilines is 4. The van der Waals surface area contributed by atoms with Gasteiger partial charge in [-0.3, -0.25) is 4.72 Å². The van der Waals surface area contributed by atoms with E-state index in [0.29, 0.717) is 40.8 Å². The first-order chi connectivity index (χ1) is 19.9. The average Bonchev–Trinajstić information content (AvgIpc) is 3.65. The fourth-order valence-electron chi connectivity index (χ4n) is 4.94. The molecule has 3 heterocycles. The van der Waals surface area contributed by atoms with Gasteiger partial charge in [0.2, 0.25) is 5.95 Å². The van der Waals surface area contributed by atoms with Gasteiger partial charge in [-0.15, -0.1) is 0 Å². The van der Waals surface area contributed by atoms with E-state index in [9.17, 15) is 13.5 Å². The van der Waals surface area contributed by atoms with E-state index in [4.69, 9.17) is 9.97 Å². The number of hydrogen-bond donors (Lipinski definition) is 4. The molecule has 41 heavy (non-hydrogen) atoms. The minimum absolute atomic E-state index is 0.126. The maximum atomic E-state index is 13.1. The van der Waals surface area contributed by atoms with Crippen molar-refractivity contribution in [3.05, 3.63) is 73.6 Å². The molecule has 1 aliphatic carbocycles. The summed E-state index contributed by atoms with van der Waals surface area (Å²) in [5.74, 6) is 1.00. The third-order valence-corrected chi connectivity index (χ3v) is 8.56. The second-order valence-corrected chi connectivity index (χ2v) is 11.7. The van der Waals surface area contributed by atoms with E-state index in [1.165, 1.54) is 0 Å². The Bertz CT molecular complexity index is 1740. The van der Waals surface area contributed by atoms with Crippen LogP contribution in [0.15, 0.2) is 78.5 Å². The number of imidazole rings is 2. The van der Waals surface area contributed by atoms with Crippen LogP contribution in [0.4, 0.5) is 23.1 Å². The molecule has 0 radical (unpaired) electrons. The van der Waals surface area contributed by atoms with Crippen molar-refractivity contribution in [2.75, 3.05) is 15.4 Å². The Balaban J connectivity index is 1.21. The molecule has 0 spiro atoms. The largest absolute Gasteiger partial charge is 0.393 e. The summed E-state index contributed by atoms with van der Waals surface area (Å²) in [6, 6.07) is 13.7. The highest BCUT2D eigenvalue weighted by molar-refractivity contribution is 7.92. The van der Waals surface area contributed by atoms with Crippen molar-refractivity contribution in [1.82, 2.24) is 29.1 Å². The van der Waals surface area contributed by atoms with Gasteiger partial charge in [0.1, 0.15) is 0 Å². The molecule has 0 atom stereocenters. The third-order valence-electron chi connectivity index (χ3n) is 7.16. The van der Waals surface area contributed by atoms with Crippen LogP contribution in [-0.2, 0) is 16.6 Å². The van der Waals surface area contributed by atoms with E-state index in [0.717, 1.165) is 31.4 Å². The highest BCUT2D eigenvalue weighted by Gasteiger charge is 2.22. The van der Waals surface area contributed by atoms with Crippen molar-refractivity contribution in [2.24, 2.45) is 0 Å². The molecule has 1 aliphatic rings. The first-order valence-corrected chi connectivity index (χ1v) is 15.0. The third kappa shape index (κ3) is 5.86. The number of fused-ring (bicyclic) bond motifs is 1. The molecule has 2 aromatic carbocycles. The highest BCUT2D eigenvalue weighted by Crippen LogP contribution is 2.28. The number of sulfonamides is 1. The summed E-state index contributed by atoms with van der Waals surface area (Å²) in [7, 11) is -3.82. The lowest BCUT2D eigenvalue weighted by Gasteiger charge is -2.26. The van der Waals surface area contributed by atoms with Gasteiger partial charge in [0, 0.05) is 36.4 Å². The summed E-state index contributed by atoms with van der Waals surface area (Å²) in [6.45, 7) is 2.72. The lowest BCUT2D eigenvalue weighted by Crippen LogP contribution is -2.29. The first kappa shape index (κ1) is 26.7. The van der Waals surface area contributed by atoms with Crippen LogP contribution in [0.5, 0.6) is 0 Å². The number of aromatic nitrogens is 6. The number of aliphatic hydroxyl groups excluding tert-OH is 1. The van der Waals surface area contributed by atoms with Crippen molar-refractivity contribution in [3.63, 3.8) is 0 Å². The van der Waals surface area contributed by atoms with Gasteiger partial charge in [-0.1, -0.05) is 6.07 Å². The van der Waals surface area contributed by atoms with Gasteiger partial charge in [-0.2, -0.15) is 9.97 Å². The zero-order valence-corrected chi connectivity index (χ0v) is 23.3. The van der Waals surface area contributed by atoms with Gasteiger partial charge in [-0.25, -0.2) is 18.4 Å². The minimum Gasteiger partial charge on any atom is -0.393 e. The Labute approximate surface area is 237 Å². The Morgan fingerprint density at radius 3 is 2.54 bits per heavy atom. The molecule has 0 saturated heterocycles. The molecule has 12 nitrogen and oxygen atoms in total. The molecule has 0 bridgehead atoms. The molecule has 0 aliphatic heterocycles. The fourth-order valence-corrected chi connectivity index (χ4v) is 5.99. The molecule has 212 valence electrons. The molecule has 4 N–H and O–H groups in total. The Hall–Kier alpha value is -4.49. The molecule has 6 rings (SSSR count). The quantitative estimate of drug-likeness (QED) is 0.202. The Morgan fingerprint density at radius 1 is 1.00 bits per heavy atom. The molecular weight excluding hydrogens is 542 g/mol. The SMILES string of the molecule is CCn1cnc2c(Nc3ccc(S(=O)(=O)Nc4cccc(-n5ccnc5)c4)cc3)nc(N[C@H]3CC[C@H](O)CC3)nc21. The monoisotopic (exact) mass is 573 g/mol. The van der Waals surface area contributed by atoms with E-state index in [1.807, 2.05) is 17.6 Å². The van der Waals surface area contributed by atoms with E-state index in [-0.39, 0.29) is 17.0 Å². The van der Waals surface area contributed by atoms with Gasteiger partial charge < -0.3 is 24.9 Å². The first-order valence-electron chi connectivity index (χ1n) is 13.5. The van der Waals surface area contributed by atoms with Crippen LogP contribution in [0.25, 0.3) is 16.9 Å². The van der Waals surface area contributed by atoms with Crippen LogP contribution in [0.1, 0.15) is 32.6 Å². The zero-order chi connectivity index (χ0) is 28.4. The van der Waals surface area contributed by atoms with Crippen molar-refractivity contribution in [2.45, 2.75) is 56.2 Å². The highest BCUT2D eigenvalue weighted by atomic mass is 32.2. The molecule has 5 aromatic rings.